The van der Waals surface area contributed by atoms with E-state index in [1.165, 1.54) is 43.5 Å². The van der Waals surface area contributed by atoms with E-state index in [2.05, 4.69) is 129 Å². The SMILES string of the molecule is c1ccc(-n2c3ccccc3c3cc4c5c6c7cccnc7n7ccnc7c6ccc5n(-c5ccccc5)c4cc32)cc1. The van der Waals surface area contributed by atoms with Crippen LogP contribution in [0.1, 0.15) is 0 Å². The third-order valence-corrected chi connectivity index (χ3v) is 8.92. The highest BCUT2D eigenvalue weighted by molar-refractivity contribution is 6.31. The van der Waals surface area contributed by atoms with Crippen molar-refractivity contribution in [3.8, 4) is 11.4 Å². The van der Waals surface area contributed by atoms with Crippen LogP contribution in [0, 0.1) is 0 Å². The lowest BCUT2D eigenvalue weighted by atomic mass is 10.0. The number of pyridine rings is 2. The van der Waals surface area contributed by atoms with Crippen LogP contribution in [0.15, 0.2) is 140 Å². The van der Waals surface area contributed by atoms with Gasteiger partial charge < -0.3 is 9.13 Å². The van der Waals surface area contributed by atoms with E-state index in [1.807, 2.05) is 24.7 Å². The van der Waals surface area contributed by atoms with Crippen LogP contribution in [-0.2, 0) is 0 Å². The summed E-state index contributed by atoms with van der Waals surface area (Å²) in [6.07, 6.45) is 5.73. The van der Waals surface area contributed by atoms with E-state index in [9.17, 15) is 0 Å². The topological polar surface area (TPSA) is 40.1 Å². The average Bonchev–Trinajstić information content (AvgIpc) is 3.77. The van der Waals surface area contributed by atoms with E-state index in [0.29, 0.717) is 0 Å². The van der Waals surface area contributed by atoms with E-state index in [4.69, 9.17) is 9.97 Å². The van der Waals surface area contributed by atoms with Gasteiger partial charge in [0.1, 0.15) is 11.3 Å². The molecule has 0 fully saturated rings. The van der Waals surface area contributed by atoms with Crippen molar-refractivity contribution in [3.05, 3.63) is 140 Å². The first kappa shape index (κ1) is 22.7. The second-order valence-corrected chi connectivity index (χ2v) is 11.1. The molecule has 0 saturated carbocycles. The fourth-order valence-electron chi connectivity index (χ4n) is 7.20. The number of benzene rings is 5. The highest BCUT2D eigenvalue weighted by Gasteiger charge is 2.22. The number of nitrogens with zero attached hydrogens (tertiary/aromatic N) is 5. The molecule has 5 heterocycles. The van der Waals surface area contributed by atoms with E-state index in [1.54, 1.807) is 0 Å². The second-order valence-electron chi connectivity index (χ2n) is 11.1. The lowest BCUT2D eigenvalue weighted by Crippen LogP contribution is -1.96. The summed E-state index contributed by atoms with van der Waals surface area (Å²) in [6, 6.07) is 43.6. The van der Waals surface area contributed by atoms with Gasteiger partial charge in [-0.2, -0.15) is 0 Å². The van der Waals surface area contributed by atoms with Crippen LogP contribution in [0.4, 0.5) is 0 Å². The van der Waals surface area contributed by atoms with Crippen molar-refractivity contribution in [3.63, 3.8) is 0 Å². The lowest BCUT2D eigenvalue weighted by molar-refractivity contribution is 1.16. The maximum Gasteiger partial charge on any atom is 0.146 e. The van der Waals surface area contributed by atoms with Crippen molar-refractivity contribution in [1.82, 2.24) is 23.5 Å². The first-order valence-corrected chi connectivity index (χ1v) is 14.5. The summed E-state index contributed by atoms with van der Waals surface area (Å²) < 4.78 is 6.91. The van der Waals surface area contributed by atoms with E-state index >= 15 is 0 Å². The molecule has 0 spiro atoms. The molecular formula is C38H23N5. The van der Waals surface area contributed by atoms with Crippen LogP contribution in [0.3, 0.4) is 0 Å². The fraction of sp³-hybridized carbons (Fsp3) is 0. The third-order valence-electron chi connectivity index (χ3n) is 8.92. The lowest BCUT2D eigenvalue weighted by Gasteiger charge is -2.11. The van der Waals surface area contributed by atoms with E-state index < -0.39 is 0 Å². The molecule has 5 heteroatoms. The summed E-state index contributed by atoms with van der Waals surface area (Å²) in [6.45, 7) is 0. The van der Waals surface area contributed by atoms with Gasteiger partial charge in [-0.25, -0.2) is 9.97 Å². The molecule has 0 aliphatic rings. The molecule has 5 aromatic heterocycles. The van der Waals surface area contributed by atoms with Gasteiger partial charge in [0.15, 0.2) is 0 Å². The molecule has 5 aromatic carbocycles. The minimum absolute atomic E-state index is 0.914. The Kier molecular flexibility index (Phi) is 4.39. The molecule has 10 rings (SSSR count). The molecule has 10 aromatic rings. The van der Waals surface area contributed by atoms with Gasteiger partial charge in [-0.3, -0.25) is 4.40 Å². The average molecular weight is 550 g/mol. The summed E-state index contributed by atoms with van der Waals surface area (Å²) in [5, 5.41) is 8.34. The Labute approximate surface area is 245 Å². The number of rotatable bonds is 2. The molecular weight excluding hydrogens is 526 g/mol. The maximum absolute atomic E-state index is 4.82. The van der Waals surface area contributed by atoms with Crippen LogP contribution in [-0.4, -0.2) is 23.5 Å². The highest BCUT2D eigenvalue weighted by Crippen LogP contribution is 2.43. The Hall–Kier alpha value is -5.94. The van der Waals surface area contributed by atoms with Crippen LogP contribution < -0.4 is 0 Å². The molecule has 0 bridgehead atoms. The van der Waals surface area contributed by atoms with Crippen molar-refractivity contribution in [1.29, 1.82) is 0 Å². The highest BCUT2D eigenvalue weighted by atomic mass is 15.0. The third kappa shape index (κ3) is 2.95. The first-order valence-electron chi connectivity index (χ1n) is 14.5. The Morgan fingerprint density at radius 2 is 1.02 bits per heavy atom. The number of hydrogen-bond acceptors (Lipinski definition) is 2. The molecule has 0 aliphatic heterocycles. The minimum Gasteiger partial charge on any atom is -0.309 e. The molecule has 0 saturated heterocycles. The predicted molar refractivity (Wildman–Crippen MR) is 177 cm³/mol. The zero-order valence-electron chi connectivity index (χ0n) is 23.0. The molecule has 200 valence electrons. The second kappa shape index (κ2) is 8.30. The summed E-state index contributed by atoms with van der Waals surface area (Å²) in [4.78, 5) is 9.61. The minimum atomic E-state index is 0.914. The van der Waals surface area contributed by atoms with Gasteiger partial charge in [-0.05, 0) is 66.7 Å². The van der Waals surface area contributed by atoms with Gasteiger partial charge >= 0.3 is 0 Å². The van der Waals surface area contributed by atoms with Crippen molar-refractivity contribution in [2.24, 2.45) is 0 Å². The smallest absolute Gasteiger partial charge is 0.146 e. The quantitative estimate of drug-likeness (QED) is 0.202. The molecule has 0 radical (unpaired) electrons. The molecule has 5 nitrogen and oxygen atoms in total. The Morgan fingerprint density at radius 1 is 0.395 bits per heavy atom. The van der Waals surface area contributed by atoms with Crippen LogP contribution in [0.5, 0.6) is 0 Å². The molecule has 0 N–H and O–H groups in total. The van der Waals surface area contributed by atoms with Gasteiger partial charge in [0.25, 0.3) is 0 Å². The molecule has 0 unspecified atom stereocenters. The van der Waals surface area contributed by atoms with Gasteiger partial charge in [0.2, 0.25) is 0 Å². The maximum atomic E-state index is 4.82. The van der Waals surface area contributed by atoms with Crippen LogP contribution >= 0.6 is 0 Å². The van der Waals surface area contributed by atoms with Gasteiger partial charge in [-0.1, -0.05) is 54.6 Å². The number of hydrogen-bond donors (Lipinski definition) is 0. The van der Waals surface area contributed by atoms with E-state index in [-0.39, 0.29) is 0 Å². The van der Waals surface area contributed by atoms with Crippen LogP contribution in [0.25, 0.3) is 82.4 Å². The summed E-state index contributed by atoms with van der Waals surface area (Å²) in [5.41, 5.74) is 8.84. The van der Waals surface area contributed by atoms with Crippen LogP contribution in [0.2, 0.25) is 0 Å². The molecule has 0 aliphatic carbocycles. The van der Waals surface area contributed by atoms with Gasteiger partial charge in [0, 0.05) is 67.7 Å². The molecule has 0 atom stereocenters. The largest absolute Gasteiger partial charge is 0.309 e. The van der Waals surface area contributed by atoms with E-state index in [0.717, 1.165) is 39.0 Å². The van der Waals surface area contributed by atoms with Crippen molar-refractivity contribution < 1.29 is 0 Å². The normalized spacial score (nSPS) is 12.2. The number of imidazole rings is 1. The van der Waals surface area contributed by atoms with Crippen molar-refractivity contribution >= 4 is 71.1 Å². The summed E-state index contributed by atoms with van der Waals surface area (Å²) >= 11 is 0. The zero-order valence-corrected chi connectivity index (χ0v) is 23.0. The van der Waals surface area contributed by atoms with Gasteiger partial charge in [-0.15, -0.1) is 0 Å². The monoisotopic (exact) mass is 549 g/mol. The number of aromatic nitrogens is 5. The fourth-order valence-corrected chi connectivity index (χ4v) is 7.20. The zero-order chi connectivity index (χ0) is 28.1. The predicted octanol–water partition coefficient (Wildman–Crippen LogP) is 9.23. The summed E-state index contributed by atoms with van der Waals surface area (Å²) in [7, 11) is 0. The summed E-state index contributed by atoms with van der Waals surface area (Å²) in [5.74, 6) is 0. The van der Waals surface area contributed by atoms with Crippen molar-refractivity contribution in [2.75, 3.05) is 0 Å². The Bertz CT molecular complexity index is 2710. The first-order chi connectivity index (χ1) is 21.4. The molecule has 43 heavy (non-hydrogen) atoms. The van der Waals surface area contributed by atoms with Gasteiger partial charge in [0.05, 0.1) is 22.1 Å². The number of fused-ring (bicyclic) bond motifs is 13. The molecule has 0 amide bonds. The van der Waals surface area contributed by atoms with Crippen molar-refractivity contribution in [2.45, 2.75) is 0 Å². The Morgan fingerprint density at radius 3 is 1.81 bits per heavy atom. The standard InChI is InChI=1S/C38H23N5/c1-3-10-24(11-4-1)42-31-16-8-7-14-26(31)29-22-30-34(23-33(29)42)43(25-12-5-2-6-13-25)32-18-17-28-35(36(30)32)27-15-9-19-39-37(27)41-21-20-40-38(28)41/h1-23H. The Balaban J connectivity index is 1.49. The number of para-hydroxylation sites is 3.